The van der Waals surface area contributed by atoms with E-state index in [1.54, 1.807) is 0 Å². The molecule has 1 aromatic carbocycles. The van der Waals surface area contributed by atoms with Gasteiger partial charge in [-0.05, 0) is 29.4 Å². The van der Waals surface area contributed by atoms with Gasteiger partial charge in [0.2, 0.25) is 9.84 Å². The van der Waals surface area contributed by atoms with Crippen molar-refractivity contribution in [1.29, 1.82) is 0 Å². The van der Waals surface area contributed by atoms with Crippen molar-refractivity contribution >= 4 is 27.5 Å². The number of nitrogens with zero attached hydrogens (tertiary/aromatic N) is 2. The Morgan fingerprint density at radius 3 is 2.38 bits per heavy atom. The maximum atomic E-state index is 11.9. The fraction of sp³-hybridized carbons (Fsp3) is 0. The van der Waals surface area contributed by atoms with Crippen molar-refractivity contribution < 1.29 is 12.9 Å². The van der Waals surface area contributed by atoms with Crippen molar-refractivity contribution in [3.8, 4) is 0 Å². The van der Waals surface area contributed by atoms with Crippen LogP contribution in [0.3, 0.4) is 0 Å². The molecule has 6 nitrogen and oxygen atoms in total. The molecule has 0 atom stereocenters. The predicted octanol–water partition coefficient (Wildman–Crippen LogP) is 1.14. The average molecular weight is 260 g/mol. The Morgan fingerprint density at radius 2 is 1.88 bits per heavy atom. The summed E-state index contributed by atoms with van der Waals surface area (Å²) in [4.78, 5) is 3.49. The normalized spacial score (nSPS) is 11.6. The highest BCUT2D eigenvalue weighted by Crippen LogP contribution is 2.20. The Kier molecular flexibility index (Phi) is 2.56. The van der Waals surface area contributed by atoms with E-state index in [0.29, 0.717) is 5.02 Å². The van der Waals surface area contributed by atoms with E-state index in [4.69, 9.17) is 17.3 Å². The molecule has 0 fully saturated rings. The first kappa shape index (κ1) is 10.9. The first-order valence-electron chi connectivity index (χ1n) is 4.10. The lowest BCUT2D eigenvalue weighted by Gasteiger charge is -1.98. The quantitative estimate of drug-likeness (QED) is 0.868. The Morgan fingerprint density at radius 1 is 1.25 bits per heavy atom. The lowest BCUT2D eigenvalue weighted by Crippen LogP contribution is -2.04. The number of benzene rings is 1. The molecule has 8 heteroatoms. The van der Waals surface area contributed by atoms with Gasteiger partial charge in [0.15, 0.2) is 0 Å². The van der Waals surface area contributed by atoms with Crippen LogP contribution in [0.2, 0.25) is 5.02 Å². The van der Waals surface area contributed by atoms with E-state index in [9.17, 15) is 8.42 Å². The van der Waals surface area contributed by atoms with Crippen molar-refractivity contribution in [3.63, 3.8) is 0 Å². The zero-order valence-electron chi connectivity index (χ0n) is 7.79. The molecule has 0 unspecified atom stereocenters. The summed E-state index contributed by atoms with van der Waals surface area (Å²) < 4.78 is 28.2. The van der Waals surface area contributed by atoms with Crippen molar-refractivity contribution in [2.45, 2.75) is 10.1 Å². The fourth-order valence-electron chi connectivity index (χ4n) is 1.05. The maximum Gasteiger partial charge on any atom is 0.319 e. The summed E-state index contributed by atoms with van der Waals surface area (Å²) in [7, 11) is -3.79. The molecule has 0 saturated heterocycles. The number of halogens is 1. The molecular weight excluding hydrogens is 254 g/mol. The Balaban J connectivity index is 2.51. The summed E-state index contributed by atoms with van der Waals surface area (Å²) in [5.74, 6) is 0. The van der Waals surface area contributed by atoms with E-state index in [1.165, 1.54) is 24.3 Å². The van der Waals surface area contributed by atoms with Crippen LogP contribution < -0.4 is 5.73 Å². The lowest BCUT2D eigenvalue weighted by atomic mass is 10.4. The van der Waals surface area contributed by atoms with Crippen LogP contribution in [0.1, 0.15) is 0 Å². The van der Waals surface area contributed by atoms with Crippen LogP contribution in [0.5, 0.6) is 0 Å². The van der Waals surface area contributed by atoms with Gasteiger partial charge in [0.05, 0.1) is 4.90 Å². The van der Waals surface area contributed by atoms with Crippen LogP contribution >= 0.6 is 11.6 Å². The molecule has 2 aromatic rings. The number of rotatable bonds is 2. The monoisotopic (exact) mass is 259 g/mol. The third kappa shape index (κ3) is 1.86. The minimum atomic E-state index is -3.79. The van der Waals surface area contributed by atoms with Gasteiger partial charge in [0.25, 0.3) is 5.16 Å². The Labute approximate surface area is 95.9 Å². The SMILES string of the molecule is Nc1nc(S(=O)(=O)c2ccc(Cl)cc2)no1. The van der Waals surface area contributed by atoms with Gasteiger partial charge >= 0.3 is 6.01 Å². The molecule has 2 rings (SSSR count). The topological polar surface area (TPSA) is 99.1 Å². The summed E-state index contributed by atoms with van der Waals surface area (Å²) in [6, 6.07) is 5.32. The third-order valence-electron chi connectivity index (χ3n) is 1.79. The molecule has 0 saturated carbocycles. The van der Waals surface area contributed by atoms with Gasteiger partial charge < -0.3 is 10.3 Å². The molecule has 16 heavy (non-hydrogen) atoms. The molecule has 2 N–H and O–H groups in total. The highest BCUT2D eigenvalue weighted by atomic mass is 35.5. The van der Waals surface area contributed by atoms with E-state index in [1.807, 2.05) is 0 Å². The predicted molar refractivity (Wildman–Crippen MR) is 55.6 cm³/mol. The van der Waals surface area contributed by atoms with Crippen LogP contribution in [0.15, 0.2) is 38.8 Å². The Bertz CT molecular complexity index is 606. The molecule has 84 valence electrons. The first-order valence-corrected chi connectivity index (χ1v) is 5.96. The largest absolute Gasteiger partial charge is 0.351 e. The summed E-state index contributed by atoms with van der Waals surface area (Å²) in [5, 5.41) is 3.23. The van der Waals surface area contributed by atoms with Gasteiger partial charge in [0.1, 0.15) is 0 Å². The van der Waals surface area contributed by atoms with Gasteiger partial charge in [-0.25, -0.2) is 8.42 Å². The van der Waals surface area contributed by atoms with E-state index in [2.05, 4.69) is 14.7 Å². The van der Waals surface area contributed by atoms with Crippen molar-refractivity contribution in [2.24, 2.45) is 0 Å². The second kappa shape index (κ2) is 3.76. The van der Waals surface area contributed by atoms with E-state index < -0.39 is 15.0 Å². The summed E-state index contributed by atoms with van der Waals surface area (Å²) >= 11 is 5.65. The first-order chi connectivity index (χ1) is 7.50. The van der Waals surface area contributed by atoms with Crippen LogP contribution in [0, 0.1) is 0 Å². The maximum absolute atomic E-state index is 11.9. The van der Waals surface area contributed by atoms with Gasteiger partial charge in [-0.2, -0.15) is 4.98 Å². The minimum Gasteiger partial charge on any atom is -0.351 e. The highest BCUT2D eigenvalue weighted by molar-refractivity contribution is 7.91. The zero-order chi connectivity index (χ0) is 11.8. The van der Waals surface area contributed by atoms with Crippen molar-refractivity contribution in [2.75, 3.05) is 5.73 Å². The van der Waals surface area contributed by atoms with Crippen LogP contribution in [-0.2, 0) is 9.84 Å². The molecule has 0 aliphatic heterocycles. The summed E-state index contributed by atoms with van der Waals surface area (Å²) in [5.41, 5.74) is 5.15. The third-order valence-corrected chi connectivity index (χ3v) is 3.58. The second-order valence-electron chi connectivity index (χ2n) is 2.87. The van der Waals surface area contributed by atoms with Gasteiger partial charge in [-0.15, -0.1) is 0 Å². The van der Waals surface area contributed by atoms with Gasteiger partial charge in [-0.3, -0.25) is 0 Å². The van der Waals surface area contributed by atoms with Crippen LogP contribution in [0.4, 0.5) is 6.01 Å². The fourth-order valence-corrected chi connectivity index (χ4v) is 2.23. The van der Waals surface area contributed by atoms with Crippen molar-refractivity contribution in [3.05, 3.63) is 29.3 Å². The zero-order valence-corrected chi connectivity index (χ0v) is 9.36. The molecule has 0 spiro atoms. The number of nitrogen functional groups attached to an aromatic ring is 1. The molecular formula is C8H6ClN3O3S. The van der Waals surface area contributed by atoms with Gasteiger partial charge in [0, 0.05) is 5.02 Å². The minimum absolute atomic E-state index is 0.0256. The summed E-state index contributed by atoms with van der Waals surface area (Å²) in [6.07, 6.45) is 0. The summed E-state index contributed by atoms with van der Waals surface area (Å²) in [6.45, 7) is 0. The molecule has 1 aromatic heterocycles. The number of hydrogen-bond acceptors (Lipinski definition) is 6. The molecule has 0 amide bonds. The number of anilines is 1. The van der Waals surface area contributed by atoms with E-state index in [-0.39, 0.29) is 10.9 Å². The number of aromatic nitrogens is 2. The van der Waals surface area contributed by atoms with E-state index >= 15 is 0 Å². The van der Waals surface area contributed by atoms with E-state index in [0.717, 1.165) is 0 Å². The molecule has 0 aliphatic rings. The lowest BCUT2D eigenvalue weighted by molar-refractivity contribution is 0.415. The Hall–Kier alpha value is -1.60. The number of sulfone groups is 1. The van der Waals surface area contributed by atoms with Crippen molar-refractivity contribution in [1.82, 2.24) is 10.1 Å². The van der Waals surface area contributed by atoms with Crippen LogP contribution in [0.25, 0.3) is 0 Å². The van der Waals surface area contributed by atoms with Crippen LogP contribution in [-0.4, -0.2) is 18.6 Å². The average Bonchev–Trinajstić information content (AvgIpc) is 2.66. The molecule has 0 bridgehead atoms. The number of nitrogens with two attached hydrogens (primary N) is 1. The molecule has 0 radical (unpaired) electrons. The number of hydrogen-bond donors (Lipinski definition) is 1. The second-order valence-corrected chi connectivity index (χ2v) is 5.15. The smallest absolute Gasteiger partial charge is 0.319 e. The van der Waals surface area contributed by atoms with Gasteiger partial charge in [-0.1, -0.05) is 11.6 Å². The molecule has 1 heterocycles. The standard InChI is InChI=1S/C8H6ClN3O3S/c9-5-1-3-6(4-2-5)16(13,14)8-11-7(10)15-12-8/h1-4H,(H2,10,11,12). The molecule has 0 aliphatic carbocycles. The highest BCUT2D eigenvalue weighted by Gasteiger charge is 2.23.